The second kappa shape index (κ2) is 7.19. The summed E-state index contributed by atoms with van der Waals surface area (Å²) in [7, 11) is 0. The Kier molecular flexibility index (Phi) is 5.03. The smallest absolute Gasteiger partial charge is 0.227 e. The highest BCUT2D eigenvalue weighted by molar-refractivity contribution is 7.16. The lowest BCUT2D eigenvalue weighted by Gasteiger charge is -2.34. The van der Waals surface area contributed by atoms with Gasteiger partial charge >= 0.3 is 0 Å². The van der Waals surface area contributed by atoms with Crippen molar-refractivity contribution < 1.29 is 9.59 Å². The number of halogens is 1. The number of carbonyl (C=O) groups is 2. The monoisotopic (exact) mass is 351 g/mol. The maximum Gasteiger partial charge on any atom is 0.227 e. The second-order valence-corrected chi connectivity index (χ2v) is 7.34. The van der Waals surface area contributed by atoms with Gasteiger partial charge in [-0.3, -0.25) is 9.59 Å². The molecule has 0 spiro atoms. The van der Waals surface area contributed by atoms with Crippen molar-refractivity contribution in [1.29, 1.82) is 0 Å². The number of H-pyrrole nitrogens is 1. The molecule has 1 fully saturated rings. The first-order valence-electron chi connectivity index (χ1n) is 7.53. The molecule has 2 amide bonds. The maximum atomic E-state index is 12.3. The SMILES string of the molecule is O=C(Cc1cc[nH]c1)N1CCN(C(=O)Cc2ccc(Cl)s2)CC1. The first-order chi connectivity index (χ1) is 11.1. The average Bonchev–Trinajstić information content (AvgIpc) is 3.19. The zero-order chi connectivity index (χ0) is 16.2. The van der Waals surface area contributed by atoms with Gasteiger partial charge in [-0.05, 0) is 23.8 Å². The molecule has 1 N–H and O–H groups in total. The van der Waals surface area contributed by atoms with E-state index in [1.54, 1.807) is 0 Å². The van der Waals surface area contributed by atoms with Gasteiger partial charge in [0.15, 0.2) is 0 Å². The van der Waals surface area contributed by atoms with Gasteiger partial charge in [-0.2, -0.15) is 0 Å². The summed E-state index contributed by atoms with van der Waals surface area (Å²) in [5.74, 6) is 0.211. The molecule has 0 bridgehead atoms. The van der Waals surface area contributed by atoms with Crippen molar-refractivity contribution in [3.8, 4) is 0 Å². The Bertz CT molecular complexity index is 675. The fourth-order valence-corrected chi connectivity index (χ4v) is 3.75. The van der Waals surface area contributed by atoms with Gasteiger partial charge in [0.05, 0.1) is 17.2 Å². The number of nitrogens with zero attached hydrogens (tertiary/aromatic N) is 2. The molecule has 1 saturated heterocycles. The number of thiophene rings is 1. The standard InChI is InChI=1S/C16H18ClN3O2S/c17-14-2-1-13(23-14)10-16(22)20-7-5-19(6-8-20)15(21)9-12-3-4-18-11-12/h1-4,11,18H,5-10H2. The van der Waals surface area contributed by atoms with Crippen LogP contribution in [-0.4, -0.2) is 52.8 Å². The van der Waals surface area contributed by atoms with Crippen LogP contribution in [0.15, 0.2) is 30.6 Å². The van der Waals surface area contributed by atoms with Crippen molar-refractivity contribution in [2.75, 3.05) is 26.2 Å². The third kappa shape index (κ3) is 4.14. The summed E-state index contributed by atoms with van der Waals surface area (Å²) >= 11 is 7.33. The molecule has 1 aliphatic rings. The van der Waals surface area contributed by atoms with Crippen molar-refractivity contribution in [2.45, 2.75) is 12.8 Å². The zero-order valence-corrected chi connectivity index (χ0v) is 14.2. The van der Waals surface area contributed by atoms with E-state index in [2.05, 4.69) is 4.98 Å². The van der Waals surface area contributed by atoms with E-state index in [9.17, 15) is 9.59 Å². The predicted molar refractivity (Wildman–Crippen MR) is 90.7 cm³/mol. The number of aromatic amines is 1. The Morgan fingerprint density at radius 1 is 1.04 bits per heavy atom. The largest absolute Gasteiger partial charge is 0.367 e. The Balaban J connectivity index is 1.47. The van der Waals surface area contributed by atoms with Crippen LogP contribution in [0.5, 0.6) is 0 Å². The van der Waals surface area contributed by atoms with Crippen molar-refractivity contribution >= 4 is 34.8 Å². The summed E-state index contributed by atoms with van der Waals surface area (Å²) in [5, 5.41) is 0. The zero-order valence-electron chi connectivity index (χ0n) is 12.6. The number of piperazine rings is 1. The highest BCUT2D eigenvalue weighted by Gasteiger charge is 2.24. The normalized spacial score (nSPS) is 15.0. The lowest BCUT2D eigenvalue weighted by Crippen LogP contribution is -2.51. The van der Waals surface area contributed by atoms with Gasteiger partial charge in [-0.25, -0.2) is 0 Å². The molecule has 2 aromatic heterocycles. The molecular formula is C16H18ClN3O2S. The minimum Gasteiger partial charge on any atom is -0.367 e. The van der Waals surface area contributed by atoms with E-state index in [0.29, 0.717) is 43.4 Å². The van der Waals surface area contributed by atoms with E-state index < -0.39 is 0 Å². The number of aromatic nitrogens is 1. The highest BCUT2D eigenvalue weighted by atomic mass is 35.5. The van der Waals surface area contributed by atoms with Gasteiger partial charge in [0.2, 0.25) is 11.8 Å². The van der Waals surface area contributed by atoms with Crippen LogP contribution < -0.4 is 0 Å². The molecule has 0 aliphatic carbocycles. The molecule has 23 heavy (non-hydrogen) atoms. The van der Waals surface area contributed by atoms with Gasteiger partial charge in [-0.1, -0.05) is 11.6 Å². The molecule has 3 heterocycles. The quantitative estimate of drug-likeness (QED) is 0.918. The predicted octanol–water partition coefficient (Wildman–Crippen LogP) is 2.19. The molecule has 3 rings (SSSR count). The Morgan fingerprint density at radius 2 is 1.70 bits per heavy atom. The fraction of sp³-hybridized carbons (Fsp3) is 0.375. The van der Waals surface area contributed by atoms with E-state index in [4.69, 9.17) is 11.6 Å². The highest BCUT2D eigenvalue weighted by Crippen LogP contribution is 2.22. The summed E-state index contributed by atoms with van der Waals surface area (Å²) in [5.41, 5.74) is 0.989. The van der Waals surface area contributed by atoms with Crippen molar-refractivity contribution in [1.82, 2.24) is 14.8 Å². The number of nitrogens with one attached hydrogen (secondary N) is 1. The summed E-state index contributed by atoms with van der Waals surface area (Å²) in [6.45, 7) is 2.38. The Hall–Kier alpha value is -1.79. The molecule has 0 atom stereocenters. The lowest BCUT2D eigenvalue weighted by molar-refractivity contribution is -0.138. The van der Waals surface area contributed by atoms with Crippen LogP contribution in [0, 0.1) is 0 Å². The summed E-state index contributed by atoms with van der Waals surface area (Å²) in [6, 6.07) is 5.61. The molecule has 0 unspecified atom stereocenters. The molecule has 1 aliphatic heterocycles. The van der Waals surface area contributed by atoms with E-state index in [-0.39, 0.29) is 11.8 Å². The Labute approximate surface area is 143 Å². The van der Waals surface area contributed by atoms with Crippen LogP contribution in [0.4, 0.5) is 0 Å². The molecule has 0 radical (unpaired) electrons. The van der Waals surface area contributed by atoms with Crippen molar-refractivity contribution in [3.05, 3.63) is 45.4 Å². The maximum absolute atomic E-state index is 12.3. The van der Waals surface area contributed by atoms with Crippen molar-refractivity contribution in [2.24, 2.45) is 0 Å². The van der Waals surface area contributed by atoms with E-state index in [0.717, 1.165) is 10.4 Å². The summed E-state index contributed by atoms with van der Waals surface area (Å²) in [6.07, 6.45) is 4.44. The number of carbonyl (C=O) groups excluding carboxylic acids is 2. The van der Waals surface area contributed by atoms with Gasteiger partial charge in [0, 0.05) is 43.4 Å². The fourth-order valence-electron chi connectivity index (χ4n) is 2.67. The van der Waals surface area contributed by atoms with Crippen LogP contribution in [0.1, 0.15) is 10.4 Å². The van der Waals surface area contributed by atoms with Gasteiger partial charge < -0.3 is 14.8 Å². The molecule has 5 nitrogen and oxygen atoms in total. The van der Waals surface area contributed by atoms with Gasteiger partial charge in [-0.15, -0.1) is 11.3 Å². The van der Waals surface area contributed by atoms with Crippen LogP contribution >= 0.6 is 22.9 Å². The van der Waals surface area contributed by atoms with E-state index in [1.807, 2.05) is 40.4 Å². The third-order valence-electron chi connectivity index (χ3n) is 3.96. The van der Waals surface area contributed by atoms with E-state index >= 15 is 0 Å². The minimum atomic E-state index is 0.0984. The van der Waals surface area contributed by atoms with Gasteiger partial charge in [0.1, 0.15) is 0 Å². The molecule has 0 aromatic carbocycles. The molecule has 0 saturated carbocycles. The summed E-state index contributed by atoms with van der Waals surface area (Å²) < 4.78 is 0.702. The van der Waals surface area contributed by atoms with Crippen LogP contribution in [0.3, 0.4) is 0 Å². The van der Waals surface area contributed by atoms with Crippen molar-refractivity contribution in [3.63, 3.8) is 0 Å². The number of rotatable bonds is 4. The second-order valence-electron chi connectivity index (χ2n) is 5.54. The third-order valence-corrected chi connectivity index (χ3v) is 5.19. The molecular weight excluding hydrogens is 334 g/mol. The number of amides is 2. The first-order valence-corrected chi connectivity index (χ1v) is 8.72. The van der Waals surface area contributed by atoms with Gasteiger partial charge in [0.25, 0.3) is 0 Å². The average molecular weight is 352 g/mol. The molecule has 122 valence electrons. The number of hydrogen-bond acceptors (Lipinski definition) is 3. The number of hydrogen-bond donors (Lipinski definition) is 1. The minimum absolute atomic E-state index is 0.0984. The topological polar surface area (TPSA) is 56.4 Å². The lowest BCUT2D eigenvalue weighted by atomic mass is 10.2. The van der Waals surface area contributed by atoms with Crippen LogP contribution in [-0.2, 0) is 22.4 Å². The van der Waals surface area contributed by atoms with Crippen LogP contribution in [0.2, 0.25) is 4.34 Å². The summed E-state index contributed by atoms with van der Waals surface area (Å²) in [4.78, 5) is 32.1. The molecule has 2 aromatic rings. The Morgan fingerprint density at radius 3 is 2.22 bits per heavy atom. The van der Waals surface area contributed by atoms with E-state index in [1.165, 1.54) is 11.3 Å². The van der Waals surface area contributed by atoms with Crippen LogP contribution in [0.25, 0.3) is 0 Å². The molecule has 7 heteroatoms. The first kappa shape index (κ1) is 16.1.